The van der Waals surface area contributed by atoms with Gasteiger partial charge in [-0.1, -0.05) is 17.7 Å². The molecule has 1 aromatic carbocycles. The van der Waals surface area contributed by atoms with Crippen LogP contribution in [0.4, 0.5) is 0 Å². The minimum absolute atomic E-state index is 0.0453. The van der Waals surface area contributed by atoms with Gasteiger partial charge in [0.05, 0.1) is 0 Å². The van der Waals surface area contributed by atoms with Gasteiger partial charge < -0.3 is 10.6 Å². The van der Waals surface area contributed by atoms with Crippen molar-refractivity contribution in [2.45, 2.75) is 50.6 Å². The van der Waals surface area contributed by atoms with E-state index in [4.69, 9.17) is 0 Å². The average molecular weight is 258 g/mol. The molecular formula is C16H22N2O. The second kappa shape index (κ2) is 4.97. The highest BCUT2D eigenvalue weighted by Gasteiger charge is 2.41. The van der Waals surface area contributed by atoms with E-state index in [0.29, 0.717) is 6.04 Å². The Balaban J connectivity index is 1.55. The molecule has 0 radical (unpaired) electrons. The average Bonchev–Trinajstić information content (AvgIpc) is 3.17. The molecule has 0 aliphatic heterocycles. The molecule has 0 saturated heterocycles. The predicted octanol–water partition coefficient (Wildman–Crippen LogP) is 2.40. The molecule has 1 aromatic rings. The number of rotatable bonds is 5. The number of aryl methyl sites for hydroxylation is 1. The molecule has 102 valence electrons. The van der Waals surface area contributed by atoms with Crippen LogP contribution in [0.25, 0.3) is 0 Å². The quantitative estimate of drug-likeness (QED) is 0.851. The van der Waals surface area contributed by atoms with E-state index >= 15 is 0 Å². The van der Waals surface area contributed by atoms with Gasteiger partial charge in [0.15, 0.2) is 0 Å². The second-order valence-corrected chi connectivity index (χ2v) is 6.10. The van der Waals surface area contributed by atoms with Crippen molar-refractivity contribution in [3.8, 4) is 0 Å². The van der Waals surface area contributed by atoms with Crippen LogP contribution in [0.5, 0.6) is 0 Å². The van der Waals surface area contributed by atoms with Crippen LogP contribution in [-0.2, 0) is 0 Å². The van der Waals surface area contributed by atoms with Crippen LogP contribution >= 0.6 is 0 Å². The summed E-state index contributed by atoms with van der Waals surface area (Å²) < 4.78 is 0. The molecule has 2 fully saturated rings. The third kappa shape index (κ3) is 2.98. The van der Waals surface area contributed by atoms with Gasteiger partial charge in [0, 0.05) is 23.7 Å². The number of carbonyl (C=O) groups is 1. The van der Waals surface area contributed by atoms with Gasteiger partial charge in [0.2, 0.25) is 0 Å². The third-order valence-electron chi connectivity index (χ3n) is 4.30. The van der Waals surface area contributed by atoms with Crippen molar-refractivity contribution in [3.63, 3.8) is 0 Å². The van der Waals surface area contributed by atoms with E-state index in [-0.39, 0.29) is 11.4 Å². The van der Waals surface area contributed by atoms with Gasteiger partial charge in [0.25, 0.3) is 5.91 Å². The lowest BCUT2D eigenvalue weighted by molar-refractivity contribution is 0.0911. The van der Waals surface area contributed by atoms with E-state index < -0.39 is 0 Å². The summed E-state index contributed by atoms with van der Waals surface area (Å²) in [5.41, 5.74) is 2.12. The monoisotopic (exact) mass is 258 g/mol. The van der Waals surface area contributed by atoms with Crippen molar-refractivity contribution < 1.29 is 4.79 Å². The van der Waals surface area contributed by atoms with E-state index in [1.165, 1.54) is 37.7 Å². The van der Waals surface area contributed by atoms with Gasteiger partial charge in [-0.3, -0.25) is 4.79 Å². The molecule has 0 heterocycles. The summed E-state index contributed by atoms with van der Waals surface area (Å²) in [4.78, 5) is 12.1. The molecule has 19 heavy (non-hydrogen) atoms. The summed E-state index contributed by atoms with van der Waals surface area (Å²) in [6.07, 6.45) is 6.26. The molecule has 3 nitrogen and oxygen atoms in total. The molecule has 2 N–H and O–H groups in total. The minimum Gasteiger partial charge on any atom is -0.350 e. The van der Waals surface area contributed by atoms with Crippen molar-refractivity contribution >= 4 is 5.91 Å². The highest BCUT2D eigenvalue weighted by molar-refractivity contribution is 5.94. The fourth-order valence-electron chi connectivity index (χ4n) is 2.69. The number of amides is 1. The molecule has 0 atom stereocenters. The summed E-state index contributed by atoms with van der Waals surface area (Å²) in [5, 5.41) is 6.80. The Morgan fingerprint density at radius 1 is 1.26 bits per heavy atom. The topological polar surface area (TPSA) is 41.1 Å². The number of hydrogen-bond acceptors (Lipinski definition) is 2. The Bertz CT molecular complexity index is 458. The van der Waals surface area contributed by atoms with Gasteiger partial charge in [0.1, 0.15) is 0 Å². The van der Waals surface area contributed by atoms with E-state index in [2.05, 4.69) is 10.6 Å². The second-order valence-electron chi connectivity index (χ2n) is 6.10. The maximum Gasteiger partial charge on any atom is 0.251 e. The molecule has 3 heteroatoms. The molecule has 2 aliphatic carbocycles. The third-order valence-corrected chi connectivity index (χ3v) is 4.30. The summed E-state index contributed by atoms with van der Waals surface area (Å²) in [6.45, 7) is 2.79. The fraction of sp³-hybridized carbons (Fsp3) is 0.562. The zero-order valence-electron chi connectivity index (χ0n) is 11.5. The normalized spacial score (nSPS) is 20.7. The smallest absolute Gasteiger partial charge is 0.251 e. The maximum absolute atomic E-state index is 12.1. The van der Waals surface area contributed by atoms with Gasteiger partial charge in [-0.15, -0.1) is 0 Å². The Morgan fingerprint density at radius 2 is 1.95 bits per heavy atom. The van der Waals surface area contributed by atoms with Crippen molar-refractivity contribution in [1.82, 2.24) is 10.6 Å². The first-order valence-corrected chi connectivity index (χ1v) is 7.29. The Morgan fingerprint density at radius 3 is 2.47 bits per heavy atom. The molecule has 0 unspecified atom stereocenters. The van der Waals surface area contributed by atoms with Crippen LogP contribution in [0.2, 0.25) is 0 Å². The molecule has 2 saturated carbocycles. The predicted molar refractivity (Wildman–Crippen MR) is 76.3 cm³/mol. The number of carbonyl (C=O) groups excluding carboxylic acids is 1. The summed E-state index contributed by atoms with van der Waals surface area (Å²) in [7, 11) is 0. The Kier molecular flexibility index (Phi) is 3.31. The summed E-state index contributed by atoms with van der Waals surface area (Å²) >= 11 is 0. The van der Waals surface area contributed by atoms with Crippen LogP contribution in [-0.4, -0.2) is 24.0 Å². The van der Waals surface area contributed by atoms with E-state index in [1.807, 2.05) is 31.2 Å². The zero-order chi connectivity index (χ0) is 13.3. The lowest BCUT2D eigenvalue weighted by Gasteiger charge is -2.43. The van der Waals surface area contributed by atoms with Gasteiger partial charge in [-0.25, -0.2) is 0 Å². The summed E-state index contributed by atoms with van der Waals surface area (Å²) in [6, 6.07) is 8.46. The summed E-state index contributed by atoms with van der Waals surface area (Å²) in [5.74, 6) is 0.0453. The molecule has 0 spiro atoms. The largest absolute Gasteiger partial charge is 0.350 e. The number of benzene rings is 1. The lowest BCUT2D eigenvalue weighted by Crippen LogP contribution is -2.58. The van der Waals surface area contributed by atoms with E-state index in [0.717, 1.165) is 12.1 Å². The maximum atomic E-state index is 12.1. The Hall–Kier alpha value is -1.35. The van der Waals surface area contributed by atoms with Crippen LogP contribution in [0.15, 0.2) is 24.3 Å². The minimum atomic E-state index is 0.0453. The van der Waals surface area contributed by atoms with Gasteiger partial charge in [-0.05, 0) is 51.2 Å². The number of nitrogens with one attached hydrogen (secondary N) is 2. The van der Waals surface area contributed by atoms with Crippen molar-refractivity contribution in [2.24, 2.45) is 0 Å². The van der Waals surface area contributed by atoms with Crippen molar-refractivity contribution in [2.75, 3.05) is 6.54 Å². The SMILES string of the molecule is Cc1ccc(C(=O)NCC2(NC3CC3)CCC2)cc1. The van der Waals surface area contributed by atoms with E-state index in [9.17, 15) is 4.79 Å². The lowest BCUT2D eigenvalue weighted by atomic mass is 9.76. The first kappa shape index (κ1) is 12.7. The number of hydrogen-bond donors (Lipinski definition) is 2. The standard InChI is InChI=1S/C16H22N2O/c1-12-3-5-13(6-4-12)15(19)17-11-16(9-2-10-16)18-14-7-8-14/h3-6,14,18H,2,7-11H2,1H3,(H,17,19). The van der Waals surface area contributed by atoms with Gasteiger partial charge in [-0.2, -0.15) is 0 Å². The van der Waals surface area contributed by atoms with Crippen molar-refractivity contribution in [1.29, 1.82) is 0 Å². The highest BCUT2D eigenvalue weighted by Crippen LogP contribution is 2.35. The van der Waals surface area contributed by atoms with Crippen molar-refractivity contribution in [3.05, 3.63) is 35.4 Å². The molecule has 2 aliphatic rings. The van der Waals surface area contributed by atoms with Gasteiger partial charge >= 0.3 is 0 Å². The molecule has 3 rings (SSSR count). The van der Waals surface area contributed by atoms with E-state index in [1.54, 1.807) is 0 Å². The molecule has 0 aromatic heterocycles. The highest BCUT2D eigenvalue weighted by atomic mass is 16.1. The van der Waals surface area contributed by atoms with Crippen LogP contribution in [0.3, 0.4) is 0 Å². The first-order valence-electron chi connectivity index (χ1n) is 7.29. The van der Waals surface area contributed by atoms with Crippen LogP contribution in [0, 0.1) is 6.92 Å². The van der Waals surface area contributed by atoms with Crippen LogP contribution in [0.1, 0.15) is 48.0 Å². The molecular weight excluding hydrogens is 236 g/mol. The Labute approximate surface area is 114 Å². The first-order chi connectivity index (χ1) is 9.17. The van der Waals surface area contributed by atoms with Crippen LogP contribution < -0.4 is 10.6 Å². The fourth-order valence-corrected chi connectivity index (χ4v) is 2.69. The molecule has 1 amide bonds. The zero-order valence-corrected chi connectivity index (χ0v) is 11.5. The molecule has 0 bridgehead atoms.